The summed E-state index contributed by atoms with van der Waals surface area (Å²) in [5.74, 6) is 0. The van der Waals surface area contributed by atoms with Gasteiger partial charge < -0.3 is 25.2 Å². The number of nitrogens with zero attached hydrogens (tertiary/aromatic N) is 1. The van der Waals surface area contributed by atoms with E-state index in [2.05, 4.69) is 4.98 Å². The second-order valence-corrected chi connectivity index (χ2v) is 4.93. The number of ether oxygens (including phenoxy) is 2. The standard InChI is InChI=1S/C11H14N2O6.H2O/c1-5-2-13(10(17)12-8(5)16)9-6(15)7-11(3-14,19-9)4-18-7;/h2,6-7,9,14-15H,3-4H2,1H3,(H,12,16,17);1H2/t6-,7+,9-,11+;/m1./s1. The highest BCUT2D eigenvalue weighted by molar-refractivity contribution is 5.09. The number of hydrogen-bond donors (Lipinski definition) is 3. The molecule has 3 rings (SSSR count). The van der Waals surface area contributed by atoms with Crippen LogP contribution in [0.25, 0.3) is 0 Å². The van der Waals surface area contributed by atoms with Gasteiger partial charge in [0.25, 0.3) is 5.56 Å². The minimum Gasteiger partial charge on any atom is -0.412 e. The van der Waals surface area contributed by atoms with Crippen molar-refractivity contribution in [3.63, 3.8) is 0 Å². The first-order valence-corrected chi connectivity index (χ1v) is 5.89. The van der Waals surface area contributed by atoms with Crippen LogP contribution in [0, 0.1) is 6.92 Å². The van der Waals surface area contributed by atoms with Crippen molar-refractivity contribution in [3.8, 4) is 0 Å². The van der Waals surface area contributed by atoms with E-state index < -0.39 is 35.3 Å². The van der Waals surface area contributed by atoms with E-state index in [-0.39, 0.29) is 18.7 Å². The molecule has 2 fully saturated rings. The number of rotatable bonds is 2. The highest BCUT2D eigenvalue weighted by Crippen LogP contribution is 2.44. The summed E-state index contributed by atoms with van der Waals surface area (Å²) in [5.41, 5.74) is -1.79. The lowest BCUT2D eigenvalue weighted by atomic mass is 9.91. The number of aryl methyl sites for hydroxylation is 1. The Kier molecular flexibility index (Phi) is 3.56. The van der Waals surface area contributed by atoms with Crippen LogP contribution in [0.2, 0.25) is 0 Å². The van der Waals surface area contributed by atoms with E-state index in [1.54, 1.807) is 6.92 Å². The van der Waals surface area contributed by atoms with Crippen molar-refractivity contribution < 1.29 is 25.2 Å². The van der Waals surface area contributed by atoms with Crippen molar-refractivity contribution in [2.24, 2.45) is 0 Å². The van der Waals surface area contributed by atoms with Gasteiger partial charge in [-0.25, -0.2) is 4.79 Å². The van der Waals surface area contributed by atoms with Gasteiger partial charge in [0.2, 0.25) is 0 Å². The van der Waals surface area contributed by atoms with Gasteiger partial charge in [-0.05, 0) is 6.92 Å². The maximum Gasteiger partial charge on any atom is 0.330 e. The van der Waals surface area contributed by atoms with E-state index in [0.29, 0.717) is 5.56 Å². The molecule has 0 amide bonds. The van der Waals surface area contributed by atoms with Crippen LogP contribution in [0.4, 0.5) is 0 Å². The smallest absolute Gasteiger partial charge is 0.330 e. The van der Waals surface area contributed by atoms with Crippen molar-refractivity contribution in [1.29, 1.82) is 0 Å². The van der Waals surface area contributed by atoms with Gasteiger partial charge in [-0.3, -0.25) is 14.3 Å². The van der Waals surface area contributed by atoms with Crippen molar-refractivity contribution in [3.05, 3.63) is 32.6 Å². The molecule has 4 atom stereocenters. The Morgan fingerprint density at radius 2 is 2.25 bits per heavy atom. The SMILES string of the molecule is Cc1cn([C@@H]2O[C@@]3(CO)CO[C@H]3[C@H]2O)c(=O)[nH]c1=O.O. The first-order chi connectivity index (χ1) is 8.98. The minimum atomic E-state index is -1.08. The summed E-state index contributed by atoms with van der Waals surface area (Å²) in [5, 5.41) is 19.4. The normalized spacial score (nSPS) is 35.0. The maximum absolute atomic E-state index is 11.8. The molecule has 1 aromatic heterocycles. The van der Waals surface area contributed by atoms with Crippen LogP contribution in [0.5, 0.6) is 0 Å². The van der Waals surface area contributed by atoms with E-state index in [9.17, 15) is 19.8 Å². The van der Waals surface area contributed by atoms with Gasteiger partial charge in [0.1, 0.15) is 17.8 Å². The molecule has 0 aliphatic carbocycles. The molecule has 0 aromatic carbocycles. The molecule has 1 aromatic rings. The molecule has 0 spiro atoms. The zero-order valence-corrected chi connectivity index (χ0v) is 10.7. The fraction of sp³-hybridized carbons (Fsp3) is 0.636. The molecule has 20 heavy (non-hydrogen) atoms. The topological polar surface area (TPSA) is 145 Å². The van der Waals surface area contributed by atoms with E-state index in [1.807, 2.05) is 0 Å². The highest BCUT2D eigenvalue weighted by atomic mass is 16.7. The molecule has 5 N–H and O–H groups in total. The maximum atomic E-state index is 11.8. The zero-order chi connectivity index (χ0) is 13.8. The monoisotopic (exact) mass is 288 g/mol. The van der Waals surface area contributed by atoms with E-state index in [1.165, 1.54) is 6.20 Å². The van der Waals surface area contributed by atoms with Crippen LogP contribution in [0.3, 0.4) is 0 Å². The van der Waals surface area contributed by atoms with Crippen LogP contribution in [0.15, 0.2) is 15.8 Å². The summed E-state index contributed by atoms with van der Waals surface area (Å²) in [7, 11) is 0. The number of H-pyrrole nitrogens is 1. The van der Waals surface area contributed by atoms with Gasteiger partial charge in [0.05, 0.1) is 13.2 Å². The first kappa shape index (κ1) is 14.9. The Balaban J connectivity index is 0.00000147. The largest absolute Gasteiger partial charge is 0.412 e. The molecular weight excluding hydrogens is 272 g/mol. The van der Waals surface area contributed by atoms with Crippen LogP contribution in [-0.2, 0) is 9.47 Å². The summed E-state index contributed by atoms with van der Waals surface area (Å²) in [4.78, 5) is 25.2. The fourth-order valence-electron chi connectivity index (χ4n) is 2.51. The molecule has 0 saturated carbocycles. The van der Waals surface area contributed by atoms with Crippen molar-refractivity contribution in [2.45, 2.75) is 31.0 Å². The highest BCUT2D eigenvalue weighted by Gasteiger charge is 2.62. The van der Waals surface area contributed by atoms with Crippen LogP contribution in [0.1, 0.15) is 11.8 Å². The second-order valence-electron chi connectivity index (χ2n) is 4.93. The summed E-state index contributed by atoms with van der Waals surface area (Å²) in [6.45, 7) is 1.41. The van der Waals surface area contributed by atoms with Crippen molar-refractivity contribution in [1.82, 2.24) is 9.55 Å². The van der Waals surface area contributed by atoms with Crippen LogP contribution in [-0.4, -0.2) is 56.3 Å². The Hall–Kier alpha value is -1.52. The van der Waals surface area contributed by atoms with E-state index in [0.717, 1.165) is 4.57 Å². The van der Waals surface area contributed by atoms with Gasteiger partial charge in [0, 0.05) is 11.8 Å². The number of hydrogen-bond acceptors (Lipinski definition) is 6. The zero-order valence-electron chi connectivity index (χ0n) is 10.7. The molecule has 9 heteroatoms. The van der Waals surface area contributed by atoms with Gasteiger partial charge in [-0.15, -0.1) is 0 Å². The van der Waals surface area contributed by atoms with Crippen molar-refractivity contribution in [2.75, 3.05) is 13.2 Å². The van der Waals surface area contributed by atoms with E-state index in [4.69, 9.17) is 9.47 Å². The van der Waals surface area contributed by atoms with Gasteiger partial charge in [0.15, 0.2) is 6.23 Å². The Morgan fingerprint density at radius 3 is 2.75 bits per heavy atom. The quantitative estimate of drug-likeness (QED) is 0.530. The second kappa shape index (κ2) is 4.79. The molecule has 2 saturated heterocycles. The number of aliphatic hydroxyl groups excluding tert-OH is 2. The number of nitrogens with one attached hydrogen (secondary N) is 1. The fourth-order valence-corrected chi connectivity index (χ4v) is 2.51. The lowest BCUT2D eigenvalue weighted by Gasteiger charge is -2.41. The van der Waals surface area contributed by atoms with Gasteiger partial charge >= 0.3 is 5.69 Å². The molecule has 2 aliphatic rings. The minimum absolute atomic E-state index is 0. The third kappa shape index (κ3) is 1.83. The van der Waals surface area contributed by atoms with Crippen molar-refractivity contribution >= 4 is 0 Å². The number of fused-ring (bicyclic) bond motifs is 1. The van der Waals surface area contributed by atoms with Gasteiger partial charge in [-0.2, -0.15) is 0 Å². The predicted molar refractivity (Wildman–Crippen MR) is 65.4 cm³/mol. The van der Waals surface area contributed by atoms with Crippen LogP contribution < -0.4 is 11.2 Å². The summed E-state index contributed by atoms with van der Waals surface area (Å²) in [6, 6.07) is 0. The number of aromatic amines is 1. The number of aromatic nitrogens is 2. The van der Waals surface area contributed by atoms with Gasteiger partial charge in [-0.1, -0.05) is 0 Å². The first-order valence-electron chi connectivity index (χ1n) is 5.89. The summed E-state index contributed by atoms with van der Waals surface area (Å²) in [6.07, 6.45) is -1.40. The third-order valence-corrected chi connectivity index (χ3v) is 3.67. The van der Waals surface area contributed by atoms with E-state index >= 15 is 0 Å². The predicted octanol–water partition coefficient (Wildman–Crippen LogP) is -2.96. The Labute approximate surface area is 112 Å². The molecule has 3 heterocycles. The number of aliphatic hydroxyl groups is 2. The summed E-state index contributed by atoms with van der Waals surface area (Å²) >= 11 is 0. The summed E-state index contributed by atoms with van der Waals surface area (Å²) < 4.78 is 11.9. The molecule has 2 aliphatic heterocycles. The third-order valence-electron chi connectivity index (χ3n) is 3.67. The molecule has 0 radical (unpaired) electrons. The lowest BCUT2D eigenvalue weighted by molar-refractivity contribution is -0.246. The molecular formula is C11H16N2O7. The molecule has 0 unspecified atom stereocenters. The molecule has 0 bridgehead atoms. The Morgan fingerprint density at radius 1 is 1.55 bits per heavy atom. The average Bonchev–Trinajstić information content (AvgIpc) is 2.52. The Bertz CT molecular complexity index is 620. The molecule has 112 valence electrons. The lowest BCUT2D eigenvalue weighted by Crippen LogP contribution is -2.61. The average molecular weight is 288 g/mol. The molecule has 9 nitrogen and oxygen atoms in total. The van der Waals surface area contributed by atoms with Crippen LogP contribution >= 0.6 is 0 Å².